The summed E-state index contributed by atoms with van der Waals surface area (Å²) >= 11 is 1.55. The summed E-state index contributed by atoms with van der Waals surface area (Å²) in [5.41, 5.74) is 7.29. The highest BCUT2D eigenvalue weighted by Gasteiger charge is 2.18. The number of hydrogen-bond donors (Lipinski definition) is 2. The fraction of sp³-hybridized carbons (Fsp3) is 0.294. The Morgan fingerprint density at radius 3 is 2.61 bits per heavy atom. The van der Waals surface area contributed by atoms with Crippen LogP contribution in [0.2, 0.25) is 0 Å². The van der Waals surface area contributed by atoms with E-state index in [0.29, 0.717) is 17.8 Å². The summed E-state index contributed by atoms with van der Waals surface area (Å²) in [6, 6.07) is 9.01. The summed E-state index contributed by atoms with van der Waals surface area (Å²) in [6.07, 6.45) is 0. The number of carbonyl (C=O) groups excluding carboxylic acids is 2. The predicted octanol–water partition coefficient (Wildman–Crippen LogP) is 2.65. The van der Waals surface area contributed by atoms with Crippen molar-refractivity contribution in [1.82, 2.24) is 4.90 Å². The normalized spacial score (nSPS) is 12.2. The molecule has 5 nitrogen and oxygen atoms in total. The Balaban J connectivity index is 2.26. The number of benzene rings is 1. The first-order valence-electron chi connectivity index (χ1n) is 7.30. The summed E-state index contributed by atoms with van der Waals surface area (Å²) < 4.78 is 0. The molecule has 3 N–H and O–H groups in total. The maximum Gasteiger partial charge on any atom is 0.248 e. The van der Waals surface area contributed by atoms with Gasteiger partial charge in [-0.3, -0.25) is 9.59 Å². The van der Waals surface area contributed by atoms with Crippen molar-refractivity contribution in [3.63, 3.8) is 0 Å². The Hall–Kier alpha value is -2.18. The Bertz CT molecular complexity index is 696. The van der Waals surface area contributed by atoms with Gasteiger partial charge in [0.15, 0.2) is 0 Å². The van der Waals surface area contributed by atoms with Crippen LogP contribution in [-0.4, -0.2) is 30.8 Å². The van der Waals surface area contributed by atoms with Crippen molar-refractivity contribution in [2.45, 2.75) is 19.4 Å². The van der Waals surface area contributed by atoms with Crippen LogP contribution in [-0.2, 0) is 11.3 Å². The van der Waals surface area contributed by atoms with Gasteiger partial charge >= 0.3 is 0 Å². The van der Waals surface area contributed by atoms with Crippen molar-refractivity contribution in [3.8, 4) is 0 Å². The second-order valence-corrected chi connectivity index (χ2v) is 6.68. The lowest BCUT2D eigenvalue weighted by Gasteiger charge is -2.17. The highest BCUT2D eigenvalue weighted by Crippen LogP contribution is 2.25. The maximum atomic E-state index is 12.5. The third-order valence-corrected chi connectivity index (χ3v) is 4.56. The van der Waals surface area contributed by atoms with Gasteiger partial charge in [-0.1, -0.05) is 12.1 Å². The second kappa shape index (κ2) is 7.39. The molecular formula is C17H21N3O2S. The zero-order chi connectivity index (χ0) is 17.0. The zero-order valence-electron chi connectivity index (χ0n) is 13.5. The molecule has 0 saturated heterocycles. The minimum atomic E-state index is -0.511. The molecule has 1 aromatic carbocycles. The van der Waals surface area contributed by atoms with Gasteiger partial charge in [0.2, 0.25) is 11.8 Å². The summed E-state index contributed by atoms with van der Waals surface area (Å²) in [6.45, 7) is 2.52. The standard InChI is InChI=1S/C17H21N3O2S/c1-11(15-5-4-8-23-15)17(22)19-14-9-12(16(18)21)6-7-13(14)10-20(2)3/h4-9,11H,10H2,1-3H3,(H2,18,21)(H,19,22)/t11-/m0/s1. The third kappa shape index (κ3) is 4.40. The Morgan fingerprint density at radius 1 is 1.30 bits per heavy atom. The lowest BCUT2D eigenvalue weighted by Crippen LogP contribution is -2.21. The molecule has 0 fully saturated rings. The van der Waals surface area contributed by atoms with Gasteiger partial charge in [0.25, 0.3) is 0 Å². The number of primary amides is 1. The minimum absolute atomic E-state index is 0.103. The van der Waals surface area contributed by atoms with Crippen molar-refractivity contribution < 1.29 is 9.59 Å². The third-order valence-electron chi connectivity index (χ3n) is 3.50. The molecule has 0 spiro atoms. The molecule has 0 radical (unpaired) electrons. The molecule has 2 amide bonds. The van der Waals surface area contributed by atoms with E-state index in [1.807, 2.05) is 49.5 Å². The van der Waals surface area contributed by atoms with Crippen molar-refractivity contribution in [3.05, 3.63) is 51.7 Å². The molecule has 0 aliphatic carbocycles. The first kappa shape index (κ1) is 17.2. The molecule has 1 atom stereocenters. The number of rotatable bonds is 6. The van der Waals surface area contributed by atoms with Crippen LogP contribution in [0.25, 0.3) is 0 Å². The highest BCUT2D eigenvalue weighted by molar-refractivity contribution is 7.10. The second-order valence-electron chi connectivity index (χ2n) is 5.70. The first-order chi connectivity index (χ1) is 10.9. The van der Waals surface area contributed by atoms with Crippen LogP contribution >= 0.6 is 11.3 Å². The van der Waals surface area contributed by atoms with Crippen molar-refractivity contribution in [1.29, 1.82) is 0 Å². The topological polar surface area (TPSA) is 75.4 Å². The van der Waals surface area contributed by atoms with E-state index in [1.165, 1.54) is 0 Å². The summed E-state index contributed by atoms with van der Waals surface area (Å²) in [7, 11) is 3.89. The van der Waals surface area contributed by atoms with Gasteiger partial charge in [-0.15, -0.1) is 11.3 Å². The van der Waals surface area contributed by atoms with Crippen LogP contribution < -0.4 is 11.1 Å². The highest BCUT2D eigenvalue weighted by atomic mass is 32.1. The number of hydrogen-bond acceptors (Lipinski definition) is 4. The molecule has 0 unspecified atom stereocenters. The number of nitrogens with zero attached hydrogens (tertiary/aromatic N) is 1. The Kier molecular flexibility index (Phi) is 5.52. The van der Waals surface area contributed by atoms with E-state index < -0.39 is 5.91 Å². The van der Waals surface area contributed by atoms with Crippen molar-refractivity contribution in [2.75, 3.05) is 19.4 Å². The van der Waals surface area contributed by atoms with Gasteiger partial charge in [-0.05, 0) is 50.2 Å². The van der Waals surface area contributed by atoms with Gasteiger partial charge < -0.3 is 16.0 Å². The van der Waals surface area contributed by atoms with E-state index in [2.05, 4.69) is 5.32 Å². The monoisotopic (exact) mass is 331 g/mol. The van der Waals surface area contributed by atoms with Gasteiger partial charge in [0.1, 0.15) is 0 Å². The smallest absolute Gasteiger partial charge is 0.248 e. The van der Waals surface area contributed by atoms with Gasteiger partial charge in [0.05, 0.1) is 5.92 Å². The molecule has 6 heteroatoms. The van der Waals surface area contributed by atoms with E-state index in [1.54, 1.807) is 23.5 Å². The molecule has 23 heavy (non-hydrogen) atoms. The summed E-state index contributed by atoms with van der Waals surface area (Å²) in [4.78, 5) is 26.9. The molecule has 122 valence electrons. The molecule has 1 heterocycles. The van der Waals surface area contributed by atoms with Crippen LogP contribution in [0.1, 0.15) is 33.6 Å². The molecule has 0 aliphatic rings. The Morgan fingerprint density at radius 2 is 2.04 bits per heavy atom. The lowest BCUT2D eigenvalue weighted by atomic mass is 10.1. The fourth-order valence-corrected chi connectivity index (χ4v) is 3.02. The number of amides is 2. The number of nitrogens with one attached hydrogen (secondary N) is 1. The van der Waals surface area contributed by atoms with Crippen LogP contribution in [0.15, 0.2) is 35.7 Å². The van der Waals surface area contributed by atoms with E-state index in [4.69, 9.17) is 5.73 Å². The fourth-order valence-electron chi connectivity index (χ4n) is 2.23. The van der Waals surface area contributed by atoms with Crippen molar-refractivity contribution >= 4 is 28.8 Å². The number of anilines is 1. The summed E-state index contributed by atoms with van der Waals surface area (Å²) in [5, 5.41) is 4.88. The molecule has 2 aromatic rings. The summed E-state index contributed by atoms with van der Waals surface area (Å²) in [5.74, 6) is -0.864. The van der Waals surface area contributed by atoms with Crippen molar-refractivity contribution in [2.24, 2.45) is 5.73 Å². The van der Waals surface area contributed by atoms with E-state index in [9.17, 15) is 9.59 Å². The quantitative estimate of drug-likeness (QED) is 0.854. The number of thiophene rings is 1. The maximum absolute atomic E-state index is 12.5. The Labute approximate surface area is 140 Å². The largest absolute Gasteiger partial charge is 0.366 e. The SMILES string of the molecule is C[C@H](C(=O)Nc1cc(C(N)=O)ccc1CN(C)C)c1cccs1. The van der Waals surface area contributed by atoms with Gasteiger partial charge in [-0.25, -0.2) is 0 Å². The molecule has 0 saturated carbocycles. The molecule has 0 bridgehead atoms. The molecule has 2 rings (SSSR count). The van der Waals surface area contributed by atoms with Crippen LogP contribution in [0.3, 0.4) is 0 Å². The average Bonchev–Trinajstić information content (AvgIpc) is 3.01. The number of nitrogens with two attached hydrogens (primary N) is 1. The first-order valence-corrected chi connectivity index (χ1v) is 8.18. The van der Waals surface area contributed by atoms with Crippen LogP contribution in [0.4, 0.5) is 5.69 Å². The lowest BCUT2D eigenvalue weighted by molar-refractivity contribution is -0.117. The molecular weight excluding hydrogens is 310 g/mol. The van der Waals surface area contributed by atoms with Gasteiger partial charge in [-0.2, -0.15) is 0 Å². The van der Waals surface area contributed by atoms with E-state index in [0.717, 1.165) is 10.4 Å². The zero-order valence-corrected chi connectivity index (χ0v) is 14.3. The average molecular weight is 331 g/mol. The predicted molar refractivity (Wildman–Crippen MR) is 93.7 cm³/mol. The molecule has 1 aromatic heterocycles. The number of carbonyl (C=O) groups is 2. The van der Waals surface area contributed by atoms with Gasteiger partial charge in [0, 0.05) is 22.7 Å². The van der Waals surface area contributed by atoms with Crippen LogP contribution in [0, 0.1) is 0 Å². The molecule has 0 aliphatic heterocycles. The van der Waals surface area contributed by atoms with Crippen LogP contribution in [0.5, 0.6) is 0 Å². The van der Waals surface area contributed by atoms with E-state index in [-0.39, 0.29) is 11.8 Å². The minimum Gasteiger partial charge on any atom is -0.366 e. The van der Waals surface area contributed by atoms with E-state index >= 15 is 0 Å².